The molecule has 1 saturated heterocycles. The Balaban J connectivity index is 2.30. The Morgan fingerprint density at radius 2 is 1.50 bits per heavy atom. The van der Waals surface area contributed by atoms with Crippen molar-refractivity contribution in [2.75, 3.05) is 6.61 Å². The van der Waals surface area contributed by atoms with Crippen molar-refractivity contribution in [2.24, 2.45) is 0 Å². The first-order chi connectivity index (χ1) is 12.9. The van der Waals surface area contributed by atoms with Gasteiger partial charge < -0.3 is 10.1 Å². The molecule has 158 valence electrons. The van der Waals surface area contributed by atoms with Crippen molar-refractivity contribution in [3.8, 4) is 0 Å². The molecule has 0 radical (unpaired) electrons. The van der Waals surface area contributed by atoms with E-state index in [-0.39, 0.29) is 35.5 Å². The number of benzene rings is 1. The second-order valence-electron chi connectivity index (χ2n) is 8.44. The number of ether oxygens (including phenoxy) is 1. The number of carbonyl (C=O) groups excluding carboxylic acids is 1. The van der Waals surface area contributed by atoms with E-state index in [0.717, 1.165) is 16.7 Å². The number of carbonyl (C=O) groups is 1. The highest BCUT2D eigenvalue weighted by Gasteiger charge is 2.30. The van der Waals surface area contributed by atoms with Crippen LogP contribution in [0.5, 0.6) is 0 Å². The monoisotopic (exact) mass is 411 g/mol. The molecule has 1 fully saturated rings. The van der Waals surface area contributed by atoms with E-state index in [1.807, 2.05) is 39.8 Å². The van der Waals surface area contributed by atoms with Crippen LogP contribution < -0.4 is 5.32 Å². The number of β-lactam (4-membered cyclic amide) rings is 1. The van der Waals surface area contributed by atoms with Crippen molar-refractivity contribution in [1.29, 1.82) is 0 Å². The largest absolute Gasteiger partial charge is 0.353 e. The van der Waals surface area contributed by atoms with Gasteiger partial charge in [-0.3, -0.25) is 8.98 Å². The minimum absolute atomic E-state index is 0.0448. The van der Waals surface area contributed by atoms with Gasteiger partial charge >= 0.3 is 0 Å². The Morgan fingerprint density at radius 3 is 1.89 bits per heavy atom. The predicted molar refractivity (Wildman–Crippen MR) is 109 cm³/mol. The van der Waals surface area contributed by atoms with Crippen molar-refractivity contribution in [2.45, 2.75) is 89.9 Å². The molecule has 1 aliphatic rings. The summed E-state index contributed by atoms with van der Waals surface area (Å²) in [4.78, 5) is 11.2. The lowest BCUT2D eigenvalue weighted by atomic mass is 9.89. The number of amides is 1. The molecular formula is C21H33NO5S. The van der Waals surface area contributed by atoms with Gasteiger partial charge in [-0.1, -0.05) is 53.7 Å². The Kier molecular flexibility index (Phi) is 7.28. The van der Waals surface area contributed by atoms with Crippen LogP contribution in [0.25, 0.3) is 0 Å². The first-order valence-corrected chi connectivity index (χ1v) is 11.3. The van der Waals surface area contributed by atoms with Gasteiger partial charge in [0.15, 0.2) is 0 Å². The lowest BCUT2D eigenvalue weighted by molar-refractivity contribution is -0.146. The fourth-order valence-corrected chi connectivity index (χ4v) is 4.81. The van der Waals surface area contributed by atoms with Crippen LogP contribution in [0, 0.1) is 0 Å². The second kappa shape index (κ2) is 8.93. The van der Waals surface area contributed by atoms with Gasteiger partial charge in [0, 0.05) is 0 Å². The molecule has 0 saturated carbocycles. The molecule has 0 aromatic heterocycles. The molecule has 1 aromatic rings. The maximum absolute atomic E-state index is 13.1. The molecule has 1 amide bonds. The molecule has 1 heterocycles. The summed E-state index contributed by atoms with van der Waals surface area (Å²) >= 11 is 0. The molecule has 28 heavy (non-hydrogen) atoms. The molecule has 2 rings (SSSR count). The predicted octanol–water partition coefficient (Wildman–Crippen LogP) is 4.01. The van der Waals surface area contributed by atoms with Crippen LogP contribution in [-0.4, -0.2) is 33.3 Å². The first-order valence-electron chi connectivity index (χ1n) is 9.94. The van der Waals surface area contributed by atoms with Crippen LogP contribution in [0.3, 0.4) is 0 Å². The smallest absolute Gasteiger partial charge is 0.297 e. The number of hydrogen-bond acceptors (Lipinski definition) is 5. The summed E-state index contributed by atoms with van der Waals surface area (Å²) in [5, 5.41) is 2.60. The summed E-state index contributed by atoms with van der Waals surface area (Å²) in [5.41, 5.74) is 2.70. The molecule has 0 aliphatic carbocycles. The number of nitrogens with one attached hydrogen (secondary N) is 1. The summed E-state index contributed by atoms with van der Waals surface area (Å²) in [7, 11) is -3.95. The highest BCUT2D eigenvalue weighted by atomic mass is 32.2. The van der Waals surface area contributed by atoms with Crippen LogP contribution in [0.1, 0.15) is 89.3 Å². The van der Waals surface area contributed by atoms with Crippen LogP contribution >= 0.6 is 0 Å². The van der Waals surface area contributed by atoms with Crippen LogP contribution in [0.15, 0.2) is 17.0 Å². The van der Waals surface area contributed by atoms with Gasteiger partial charge in [0.05, 0.1) is 19.1 Å². The fourth-order valence-electron chi connectivity index (χ4n) is 3.15. The maximum Gasteiger partial charge on any atom is 0.297 e. The zero-order chi connectivity index (χ0) is 21.2. The molecule has 1 N–H and O–H groups in total. The molecule has 0 unspecified atom stereocenters. The average molecular weight is 412 g/mol. The van der Waals surface area contributed by atoms with E-state index in [4.69, 9.17) is 8.92 Å². The van der Waals surface area contributed by atoms with E-state index in [2.05, 4.69) is 19.2 Å². The molecule has 7 heteroatoms. The number of hydrogen-bond donors (Lipinski definition) is 1. The van der Waals surface area contributed by atoms with Crippen LogP contribution in [0.2, 0.25) is 0 Å². The quantitative estimate of drug-likeness (QED) is 0.490. The fraction of sp³-hybridized carbons (Fsp3) is 0.667. The zero-order valence-corrected chi connectivity index (χ0v) is 18.7. The lowest BCUT2D eigenvalue weighted by Gasteiger charge is -2.29. The summed E-state index contributed by atoms with van der Waals surface area (Å²) in [6, 6.07) is 3.97. The van der Waals surface area contributed by atoms with Crippen molar-refractivity contribution < 1.29 is 22.1 Å². The van der Waals surface area contributed by atoms with Crippen molar-refractivity contribution in [1.82, 2.24) is 5.32 Å². The number of rotatable bonds is 9. The van der Waals surface area contributed by atoms with Gasteiger partial charge in [0.2, 0.25) is 5.91 Å². The van der Waals surface area contributed by atoms with Gasteiger partial charge in [-0.2, -0.15) is 8.42 Å². The van der Waals surface area contributed by atoms with E-state index in [0.29, 0.717) is 12.3 Å². The summed E-state index contributed by atoms with van der Waals surface area (Å²) in [6.45, 7) is 13.8. The average Bonchev–Trinajstić information content (AvgIpc) is 2.57. The van der Waals surface area contributed by atoms with Gasteiger partial charge in [0.1, 0.15) is 11.1 Å². The standard InChI is InChI=1S/C21H33NO5S/c1-12(2)16-8-17(13(3)4)21(18(9-16)14(5)6)28(24,25)26-11-15(7)27-20-10-19(23)22-20/h8-9,12-15,20H,10-11H2,1-7H3,(H,22,23)/t15-,20-/m0/s1. The van der Waals surface area contributed by atoms with E-state index in [1.54, 1.807) is 6.92 Å². The van der Waals surface area contributed by atoms with Crippen molar-refractivity contribution in [3.63, 3.8) is 0 Å². The van der Waals surface area contributed by atoms with Crippen LogP contribution in [-0.2, 0) is 23.8 Å². The highest BCUT2D eigenvalue weighted by molar-refractivity contribution is 7.86. The Bertz CT molecular complexity index is 777. The van der Waals surface area contributed by atoms with Gasteiger partial charge in [0.25, 0.3) is 10.1 Å². The summed E-state index contributed by atoms with van der Waals surface area (Å²) in [6.07, 6.45) is -0.528. The zero-order valence-electron chi connectivity index (χ0n) is 17.9. The van der Waals surface area contributed by atoms with E-state index < -0.39 is 16.2 Å². The summed E-state index contributed by atoms with van der Waals surface area (Å²) in [5.74, 6) is 0.324. The van der Waals surface area contributed by atoms with Crippen molar-refractivity contribution >= 4 is 16.0 Å². The van der Waals surface area contributed by atoms with Crippen molar-refractivity contribution in [3.05, 3.63) is 28.8 Å². The maximum atomic E-state index is 13.1. The highest BCUT2D eigenvalue weighted by Crippen LogP contribution is 2.36. The minimum atomic E-state index is -3.95. The molecular weight excluding hydrogens is 378 g/mol. The third kappa shape index (κ3) is 5.33. The molecule has 0 bridgehead atoms. The SMILES string of the molecule is CC(C)c1cc(C(C)C)c(S(=O)(=O)OC[C@H](C)O[C@H]2CC(=O)N2)c(C(C)C)c1. The van der Waals surface area contributed by atoms with Gasteiger partial charge in [-0.05, 0) is 41.4 Å². The van der Waals surface area contributed by atoms with E-state index in [1.165, 1.54) is 0 Å². The van der Waals surface area contributed by atoms with Crippen LogP contribution in [0.4, 0.5) is 0 Å². The normalized spacial score (nSPS) is 18.5. The first kappa shape index (κ1) is 22.8. The van der Waals surface area contributed by atoms with E-state index in [9.17, 15) is 13.2 Å². The third-order valence-corrected chi connectivity index (χ3v) is 6.29. The van der Waals surface area contributed by atoms with E-state index >= 15 is 0 Å². The molecule has 0 spiro atoms. The molecule has 2 atom stereocenters. The van der Waals surface area contributed by atoms with Gasteiger partial charge in [-0.15, -0.1) is 0 Å². The Morgan fingerprint density at radius 1 is 1.00 bits per heavy atom. The Hall–Kier alpha value is -1.44. The summed E-state index contributed by atoms with van der Waals surface area (Å²) < 4.78 is 37.2. The Labute approximate surface area is 169 Å². The lowest BCUT2D eigenvalue weighted by Crippen LogP contribution is -2.51. The minimum Gasteiger partial charge on any atom is -0.353 e. The van der Waals surface area contributed by atoms with Gasteiger partial charge in [-0.25, -0.2) is 0 Å². The second-order valence-corrected chi connectivity index (χ2v) is 9.99. The molecule has 1 aliphatic heterocycles. The third-order valence-electron chi connectivity index (χ3n) is 4.88. The topological polar surface area (TPSA) is 81.7 Å². The molecule has 1 aromatic carbocycles. The molecule has 6 nitrogen and oxygen atoms in total.